The van der Waals surface area contributed by atoms with Crippen molar-refractivity contribution in [2.75, 3.05) is 6.54 Å². The number of hydrogen-bond acceptors (Lipinski definition) is 4. The quantitative estimate of drug-likeness (QED) is 0.887. The maximum Gasteiger partial charge on any atom is 0.143 e. The van der Waals surface area contributed by atoms with Crippen LogP contribution in [0.1, 0.15) is 31.2 Å². The van der Waals surface area contributed by atoms with Gasteiger partial charge in [-0.2, -0.15) is 5.10 Å². The number of thiazole rings is 1. The monoisotopic (exact) mass is 250 g/mol. The molecule has 0 saturated heterocycles. The summed E-state index contributed by atoms with van der Waals surface area (Å²) in [7, 11) is 1.92. The molecule has 2 heterocycles. The first-order chi connectivity index (χ1) is 8.20. The Hall–Kier alpha value is -1.20. The summed E-state index contributed by atoms with van der Waals surface area (Å²) in [5, 5.41) is 8.81. The van der Waals surface area contributed by atoms with Crippen molar-refractivity contribution >= 4 is 11.3 Å². The molecule has 0 aliphatic heterocycles. The molecule has 0 saturated carbocycles. The van der Waals surface area contributed by atoms with E-state index >= 15 is 0 Å². The van der Waals surface area contributed by atoms with E-state index in [0.717, 1.165) is 23.7 Å². The number of nitrogens with zero attached hydrogens (tertiary/aromatic N) is 3. The SMILES string of the molecule is CCCNC(C)c1cnc(-c2ccn(C)n2)s1. The van der Waals surface area contributed by atoms with E-state index in [2.05, 4.69) is 29.2 Å². The standard InChI is InChI=1S/C12H18N4S/c1-4-6-13-9(2)11-8-14-12(17-11)10-5-7-16(3)15-10/h5,7-9,13H,4,6H2,1-3H3. The lowest BCUT2D eigenvalue weighted by atomic mass is 10.3. The molecule has 92 valence electrons. The smallest absolute Gasteiger partial charge is 0.143 e. The van der Waals surface area contributed by atoms with Crippen LogP contribution in [0, 0.1) is 0 Å². The van der Waals surface area contributed by atoms with Gasteiger partial charge in [0.25, 0.3) is 0 Å². The van der Waals surface area contributed by atoms with Gasteiger partial charge >= 0.3 is 0 Å². The van der Waals surface area contributed by atoms with Crippen LogP contribution >= 0.6 is 11.3 Å². The van der Waals surface area contributed by atoms with E-state index in [0.29, 0.717) is 6.04 Å². The van der Waals surface area contributed by atoms with Gasteiger partial charge in [-0.1, -0.05) is 6.92 Å². The minimum atomic E-state index is 0.366. The normalized spacial score (nSPS) is 12.9. The van der Waals surface area contributed by atoms with Crippen LogP contribution in [0.15, 0.2) is 18.5 Å². The molecule has 0 bridgehead atoms. The highest BCUT2D eigenvalue weighted by molar-refractivity contribution is 7.15. The van der Waals surface area contributed by atoms with E-state index in [1.807, 2.05) is 25.5 Å². The zero-order valence-electron chi connectivity index (χ0n) is 10.5. The zero-order valence-corrected chi connectivity index (χ0v) is 11.3. The van der Waals surface area contributed by atoms with Crippen molar-refractivity contribution in [3.05, 3.63) is 23.3 Å². The molecule has 5 heteroatoms. The summed E-state index contributed by atoms with van der Waals surface area (Å²) in [5.74, 6) is 0. The molecule has 1 unspecified atom stereocenters. The van der Waals surface area contributed by atoms with Gasteiger partial charge in [-0.05, 0) is 26.0 Å². The predicted octanol–water partition coefficient (Wildman–Crippen LogP) is 2.60. The summed E-state index contributed by atoms with van der Waals surface area (Å²) in [6, 6.07) is 2.36. The number of nitrogens with one attached hydrogen (secondary N) is 1. The fourth-order valence-corrected chi connectivity index (χ4v) is 2.50. The van der Waals surface area contributed by atoms with Crippen molar-refractivity contribution in [2.45, 2.75) is 26.3 Å². The van der Waals surface area contributed by atoms with Gasteiger partial charge in [0.15, 0.2) is 0 Å². The van der Waals surface area contributed by atoms with E-state index in [1.165, 1.54) is 4.88 Å². The van der Waals surface area contributed by atoms with Gasteiger partial charge in [-0.3, -0.25) is 4.68 Å². The van der Waals surface area contributed by atoms with E-state index in [9.17, 15) is 0 Å². The van der Waals surface area contributed by atoms with Crippen molar-refractivity contribution in [1.82, 2.24) is 20.1 Å². The highest BCUT2D eigenvalue weighted by Gasteiger charge is 2.11. The third kappa shape index (κ3) is 2.92. The van der Waals surface area contributed by atoms with Crippen LogP contribution in [0.5, 0.6) is 0 Å². The molecule has 0 spiro atoms. The highest BCUT2D eigenvalue weighted by atomic mass is 32.1. The summed E-state index contributed by atoms with van der Waals surface area (Å²) < 4.78 is 1.80. The molecule has 2 aromatic heterocycles. The Morgan fingerprint density at radius 1 is 1.53 bits per heavy atom. The summed E-state index contributed by atoms with van der Waals surface area (Å²) in [5.41, 5.74) is 0.950. The van der Waals surface area contributed by atoms with Crippen LogP contribution in [0.3, 0.4) is 0 Å². The van der Waals surface area contributed by atoms with Crippen LogP contribution in [-0.4, -0.2) is 21.3 Å². The van der Waals surface area contributed by atoms with Gasteiger partial charge in [-0.15, -0.1) is 11.3 Å². The first-order valence-corrected chi connectivity index (χ1v) is 6.71. The van der Waals surface area contributed by atoms with Gasteiger partial charge in [0, 0.05) is 30.4 Å². The van der Waals surface area contributed by atoms with E-state index in [4.69, 9.17) is 0 Å². The molecule has 0 aromatic carbocycles. The highest BCUT2D eigenvalue weighted by Crippen LogP contribution is 2.27. The summed E-state index contributed by atoms with van der Waals surface area (Å²) in [6.45, 7) is 5.38. The Bertz CT molecular complexity index is 474. The summed E-state index contributed by atoms with van der Waals surface area (Å²) >= 11 is 1.71. The number of rotatable bonds is 5. The van der Waals surface area contributed by atoms with Crippen molar-refractivity contribution in [2.24, 2.45) is 7.05 Å². The second kappa shape index (κ2) is 5.42. The third-order valence-corrected chi connectivity index (χ3v) is 3.79. The number of aryl methyl sites for hydroxylation is 1. The molecule has 2 rings (SSSR count). The maximum absolute atomic E-state index is 4.43. The summed E-state index contributed by atoms with van der Waals surface area (Å²) in [6.07, 6.45) is 5.04. The van der Waals surface area contributed by atoms with Crippen LogP contribution in [0.25, 0.3) is 10.7 Å². The Kier molecular flexibility index (Phi) is 3.91. The molecular formula is C12H18N4S. The van der Waals surface area contributed by atoms with E-state index in [-0.39, 0.29) is 0 Å². The summed E-state index contributed by atoms with van der Waals surface area (Å²) in [4.78, 5) is 5.69. The van der Waals surface area contributed by atoms with Gasteiger partial charge in [-0.25, -0.2) is 4.98 Å². The zero-order chi connectivity index (χ0) is 12.3. The largest absolute Gasteiger partial charge is 0.309 e. The molecule has 1 N–H and O–H groups in total. The minimum Gasteiger partial charge on any atom is -0.309 e. The van der Waals surface area contributed by atoms with Gasteiger partial charge in [0.1, 0.15) is 10.7 Å². The van der Waals surface area contributed by atoms with Gasteiger partial charge in [0.2, 0.25) is 0 Å². The molecular weight excluding hydrogens is 232 g/mol. The van der Waals surface area contributed by atoms with Crippen LogP contribution in [0.2, 0.25) is 0 Å². The lowest BCUT2D eigenvalue weighted by Gasteiger charge is -2.09. The van der Waals surface area contributed by atoms with Crippen LogP contribution in [0.4, 0.5) is 0 Å². The second-order valence-electron chi connectivity index (χ2n) is 4.12. The molecule has 0 amide bonds. The molecule has 4 nitrogen and oxygen atoms in total. The van der Waals surface area contributed by atoms with Gasteiger partial charge < -0.3 is 5.32 Å². The van der Waals surface area contributed by atoms with Gasteiger partial charge in [0.05, 0.1) is 0 Å². The Morgan fingerprint density at radius 2 is 2.35 bits per heavy atom. The third-order valence-electron chi connectivity index (χ3n) is 2.58. The Labute approximate surface area is 106 Å². The lowest BCUT2D eigenvalue weighted by Crippen LogP contribution is -2.18. The maximum atomic E-state index is 4.43. The molecule has 0 aliphatic rings. The predicted molar refractivity (Wildman–Crippen MR) is 71.0 cm³/mol. The topological polar surface area (TPSA) is 42.7 Å². The average molecular weight is 250 g/mol. The molecule has 17 heavy (non-hydrogen) atoms. The fourth-order valence-electron chi connectivity index (χ4n) is 1.60. The fraction of sp³-hybridized carbons (Fsp3) is 0.500. The van der Waals surface area contributed by atoms with Crippen molar-refractivity contribution < 1.29 is 0 Å². The van der Waals surface area contributed by atoms with Crippen LogP contribution < -0.4 is 5.32 Å². The molecule has 0 fully saturated rings. The first kappa shape index (κ1) is 12.3. The number of aromatic nitrogens is 3. The Balaban J connectivity index is 2.10. The average Bonchev–Trinajstić information content (AvgIpc) is 2.93. The van der Waals surface area contributed by atoms with E-state index in [1.54, 1.807) is 16.0 Å². The first-order valence-electron chi connectivity index (χ1n) is 5.90. The van der Waals surface area contributed by atoms with Crippen molar-refractivity contribution in [3.63, 3.8) is 0 Å². The lowest BCUT2D eigenvalue weighted by molar-refractivity contribution is 0.577. The minimum absolute atomic E-state index is 0.366. The van der Waals surface area contributed by atoms with Crippen LogP contribution in [-0.2, 0) is 7.05 Å². The number of hydrogen-bond donors (Lipinski definition) is 1. The molecule has 0 aliphatic carbocycles. The van der Waals surface area contributed by atoms with E-state index < -0.39 is 0 Å². The molecule has 0 radical (unpaired) electrons. The van der Waals surface area contributed by atoms with Crippen molar-refractivity contribution in [1.29, 1.82) is 0 Å². The Morgan fingerprint density at radius 3 is 3.00 bits per heavy atom. The second-order valence-corrected chi connectivity index (χ2v) is 5.18. The van der Waals surface area contributed by atoms with Crippen molar-refractivity contribution in [3.8, 4) is 10.7 Å². The molecule has 2 aromatic rings. The molecule has 1 atom stereocenters.